The molecule has 1 aromatic heterocycles. The van der Waals surface area contributed by atoms with Crippen LogP contribution in [0, 0.1) is 6.92 Å². The van der Waals surface area contributed by atoms with Gasteiger partial charge in [-0.2, -0.15) is 0 Å². The van der Waals surface area contributed by atoms with Crippen LogP contribution in [-0.4, -0.2) is 21.0 Å². The van der Waals surface area contributed by atoms with Crippen molar-refractivity contribution in [3.8, 4) is 0 Å². The number of benzene rings is 2. The molecule has 1 aliphatic heterocycles. The van der Waals surface area contributed by atoms with Crippen LogP contribution in [-0.2, 0) is 24.1 Å². The van der Waals surface area contributed by atoms with Gasteiger partial charge < -0.3 is 10.4 Å². The van der Waals surface area contributed by atoms with Gasteiger partial charge in [-0.05, 0) is 61.4 Å². The van der Waals surface area contributed by atoms with Gasteiger partial charge in [-0.3, -0.25) is 4.79 Å². The van der Waals surface area contributed by atoms with Crippen molar-refractivity contribution in [2.45, 2.75) is 64.5 Å². The molecule has 1 atom stereocenters. The van der Waals surface area contributed by atoms with Gasteiger partial charge in [-0.25, -0.2) is 9.97 Å². The number of aliphatic carboxylic acids is 1. The molecule has 0 saturated heterocycles. The Balaban J connectivity index is 1.56. The molecule has 0 bridgehead atoms. The van der Waals surface area contributed by atoms with Gasteiger partial charge in [0.1, 0.15) is 5.82 Å². The standard InChI is InChI=1S/C29H33N3O2S/c1-4-7-20-10-14-22(15-11-20)25-8-6-9-26(35-25)29-30-19(3)24(5-2)28(32-29)31-23-16-12-21(13-17-23)18-27(33)34/h9-17,25H,4-8,18H2,1-3H3,(H,33,34)(H,30,31,32). The van der Waals surface area contributed by atoms with Crippen LogP contribution in [0.15, 0.2) is 54.6 Å². The summed E-state index contributed by atoms with van der Waals surface area (Å²) < 4.78 is 0. The molecule has 0 aliphatic carbocycles. The summed E-state index contributed by atoms with van der Waals surface area (Å²) in [6.45, 7) is 6.37. The topological polar surface area (TPSA) is 75.1 Å². The minimum Gasteiger partial charge on any atom is -0.481 e. The Kier molecular flexibility index (Phi) is 8.24. The average molecular weight is 488 g/mol. The second-order valence-electron chi connectivity index (χ2n) is 8.95. The summed E-state index contributed by atoms with van der Waals surface area (Å²) in [5.74, 6) is 0.749. The van der Waals surface area contributed by atoms with Gasteiger partial charge in [0.15, 0.2) is 5.82 Å². The second kappa shape index (κ2) is 11.5. The van der Waals surface area contributed by atoms with E-state index in [9.17, 15) is 4.79 Å². The summed E-state index contributed by atoms with van der Waals surface area (Å²) in [6.07, 6.45) is 7.51. The van der Waals surface area contributed by atoms with Crippen LogP contribution in [0.5, 0.6) is 0 Å². The number of rotatable bonds is 9. The quantitative estimate of drug-likeness (QED) is 0.330. The Morgan fingerprint density at radius 3 is 2.43 bits per heavy atom. The molecule has 1 aliphatic rings. The molecule has 6 heteroatoms. The molecule has 0 spiro atoms. The summed E-state index contributed by atoms with van der Waals surface area (Å²) in [6, 6.07) is 16.6. The maximum Gasteiger partial charge on any atom is 0.307 e. The zero-order valence-corrected chi connectivity index (χ0v) is 21.5. The minimum atomic E-state index is -0.830. The van der Waals surface area contributed by atoms with E-state index in [1.807, 2.05) is 43.0 Å². The zero-order chi connectivity index (χ0) is 24.8. The minimum absolute atomic E-state index is 0.0190. The zero-order valence-electron chi connectivity index (χ0n) is 20.7. The molecule has 3 aromatic rings. The maximum absolute atomic E-state index is 11.0. The average Bonchev–Trinajstić information content (AvgIpc) is 2.85. The number of hydrogen-bond donors (Lipinski definition) is 2. The molecule has 2 heterocycles. The Morgan fingerprint density at radius 1 is 1.06 bits per heavy atom. The molecule has 1 unspecified atom stereocenters. The van der Waals surface area contributed by atoms with Crippen molar-refractivity contribution < 1.29 is 9.90 Å². The highest BCUT2D eigenvalue weighted by Gasteiger charge is 2.22. The number of carboxylic acids is 1. The summed E-state index contributed by atoms with van der Waals surface area (Å²) in [5, 5.41) is 12.9. The lowest BCUT2D eigenvalue weighted by Gasteiger charge is -2.23. The Morgan fingerprint density at radius 2 is 1.77 bits per heavy atom. The third kappa shape index (κ3) is 6.31. The predicted octanol–water partition coefficient (Wildman–Crippen LogP) is 7.28. The van der Waals surface area contributed by atoms with Crippen LogP contribution in [0.1, 0.15) is 72.1 Å². The van der Waals surface area contributed by atoms with Crippen LogP contribution in [0.4, 0.5) is 11.5 Å². The van der Waals surface area contributed by atoms with E-state index >= 15 is 0 Å². The Labute approximate surface area is 212 Å². The molecule has 0 radical (unpaired) electrons. The molecule has 182 valence electrons. The van der Waals surface area contributed by atoms with Gasteiger partial charge in [0.05, 0.1) is 6.42 Å². The fourth-order valence-corrected chi connectivity index (χ4v) is 5.71. The molecule has 2 N–H and O–H groups in total. The first-order valence-corrected chi connectivity index (χ1v) is 13.3. The van der Waals surface area contributed by atoms with E-state index in [-0.39, 0.29) is 6.42 Å². The largest absolute Gasteiger partial charge is 0.481 e. The monoisotopic (exact) mass is 487 g/mol. The van der Waals surface area contributed by atoms with Crippen molar-refractivity contribution in [1.82, 2.24) is 9.97 Å². The molecule has 0 fully saturated rings. The van der Waals surface area contributed by atoms with Gasteiger partial charge in [0.25, 0.3) is 0 Å². The lowest BCUT2D eigenvalue weighted by atomic mass is 10.0. The number of thioether (sulfide) groups is 1. The summed E-state index contributed by atoms with van der Waals surface area (Å²) in [4.78, 5) is 21.9. The molecule has 5 nitrogen and oxygen atoms in total. The number of carboxylic acid groups (broad SMARTS) is 1. The van der Waals surface area contributed by atoms with Crippen molar-refractivity contribution >= 4 is 34.1 Å². The highest BCUT2D eigenvalue weighted by Crippen LogP contribution is 2.46. The fourth-order valence-electron chi connectivity index (χ4n) is 4.44. The van der Waals surface area contributed by atoms with Gasteiger partial charge >= 0.3 is 5.97 Å². The van der Waals surface area contributed by atoms with Crippen LogP contribution in [0.2, 0.25) is 0 Å². The summed E-state index contributed by atoms with van der Waals surface area (Å²) in [5.41, 5.74) is 6.49. The maximum atomic E-state index is 11.0. The fraction of sp³-hybridized carbons (Fsp3) is 0.345. The number of allylic oxidation sites excluding steroid dienone is 1. The van der Waals surface area contributed by atoms with Crippen molar-refractivity contribution in [3.05, 3.63) is 88.4 Å². The van der Waals surface area contributed by atoms with E-state index in [1.165, 1.54) is 11.1 Å². The smallest absolute Gasteiger partial charge is 0.307 e. The molecular formula is C29H33N3O2S. The van der Waals surface area contributed by atoms with E-state index < -0.39 is 5.97 Å². The van der Waals surface area contributed by atoms with Crippen LogP contribution < -0.4 is 5.32 Å². The van der Waals surface area contributed by atoms with Gasteiger partial charge in [0, 0.05) is 27.1 Å². The van der Waals surface area contributed by atoms with E-state index in [0.29, 0.717) is 5.25 Å². The Hall–Kier alpha value is -3.12. The highest BCUT2D eigenvalue weighted by atomic mass is 32.2. The Bertz CT molecular complexity index is 1200. The third-order valence-electron chi connectivity index (χ3n) is 6.28. The van der Waals surface area contributed by atoms with E-state index in [0.717, 1.165) is 71.2 Å². The number of aromatic nitrogens is 2. The van der Waals surface area contributed by atoms with Gasteiger partial charge in [-0.15, -0.1) is 11.8 Å². The molecule has 35 heavy (non-hydrogen) atoms. The van der Waals surface area contributed by atoms with E-state index in [1.54, 1.807) is 0 Å². The van der Waals surface area contributed by atoms with E-state index in [2.05, 4.69) is 49.5 Å². The number of hydrogen-bond acceptors (Lipinski definition) is 5. The van der Waals surface area contributed by atoms with Crippen molar-refractivity contribution in [3.63, 3.8) is 0 Å². The van der Waals surface area contributed by atoms with E-state index in [4.69, 9.17) is 15.1 Å². The number of nitrogens with one attached hydrogen (secondary N) is 1. The first kappa shape index (κ1) is 25.0. The highest BCUT2D eigenvalue weighted by molar-refractivity contribution is 8.08. The normalized spacial score (nSPS) is 15.5. The predicted molar refractivity (Wildman–Crippen MR) is 145 cm³/mol. The lowest BCUT2D eigenvalue weighted by Crippen LogP contribution is -2.08. The lowest BCUT2D eigenvalue weighted by molar-refractivity contribution is -0.136. The molecule has 0 saturated carbocycles. The number of aryl methyl sites for hydroxylation is 2. The number of carbonyl (C=O) groups is 1. The van der Waals surface area contributed by atoms with Gasteiger partial charge in [-0.1, -0.05) is 62.7 Å². The first-order chi connectivity index (χ1) is 17.0. The molecule has 4 rings (SSSR count). The molecular weight excluding hydrogens is 454 g/mol. The van der Waals surface area contributed by atoms with Crippen LogP contribution in [0.3, 0.4) is 0 Å². The van der Waals surface area contributed by atoms with Gasteiger partial charge in [0.2, 0.25) is 0 Å². The van der Waals surface area contributed by atoms with Crippen molar-refractivity contribution in [2.24, 2.45) is 0 Å². The summed E-state index contributed by atoms with van der Waals surface area (Å²) in [7, 11) is 0. The SMILES string of the molecule is CCCc1ccc(C2CCC=C(c3nc(C)c(CC)c(Nc4ccc(CC(=O)O)cc4)n3)S2)cc1. The van der Waals surface area contributed by atoms with Crippen LogP contribution >= 0.6 is 11.8 Å². The molecule has 0 amide bonds. The van der Waals surface area contributed by atoms with Crippen molar-refractivity contribution in [2.75, 3.05) is 5.32 Å². The number of nitrogens with zero attached hydrogens (tertiary/aromatic N) is 2. The first-order valence-electron chi connectivity index (χ1n) is 12.4. The summed E-state index contributed by atoms with van der Waals surface area (Å²) >= 11 is 1.85. The second-order valence-corrected chi connectivity index (χ2v) is 10.2. The van der Waals surface area contributed by atoms with Crippen molar-refractivity contribution in [1.29, 1.82) is 0 Å². The van der Waals surface area contributed by atoms with Crippen LogP contribution in [0.25, 0.3) is 4.91 Å². The number of anilines is 2. The molecule has 2 aromatic carbocycles. The third-order valence-corrected chi connectivity index (χ3v) is 7.67.